The molecule has 0 aliphatic carbocycles. The second-order valence-corrected chi connectivity index (χ2v) is 6.32. The standard InChI is InChI=1S/C20H19F2N3O4/c1-20(28,19(21)22)16(18(27)25-29)24-17(26)14-10-7-12(8-11-14)6-9-13-4-2-3-5-15(13)23/h2-5,7-8,10-11,16,19,28-29H,23H2,1H3,(H,24,26)(H,25,27). The van der Waals surface area contributed by atoms with Gasteiger partial charge in [-0.25, -0.2) is 14.3 Å². The Morgan fingerprint density at radius 3 is 2.28 bits per heavy atom. The molecule has 6 N–H and O–H groups in total. The van der Waals surface area contributed by atoms with Gasteiger partial charge in [-0.3, -0.25) is 14.8 Å². The first-order valence-electron chi connectivity index (χ1n) is 8.38. The molecule has 0 fully saturated rings. The lowest BCUT2D eigenvalue weighted by atomic mass is 9.95. The molecule has 0 radical (unpaired) electrons. The van der Waals surface area contributed by atoms with E-state index in [0.717, 1.165) is 5.48 Å². The van der Waals surface area contributed by atoms with Crippen LogP contribution in [0.2, 0.25) is 0 Å². The van der Waals surface area contributed by atoms with Gasteiger partial charge in [0, 0.05) is 22.4 Å². The number of nitrogens with two attached hydrogens (primary N) is 1. The van der Waals surface area contributed by atoms with Gasteiger partial charge in [-0.05, 0) is 43.3 Å². The van der Waals surface area contributed by atoms with Crippen molar-refractivity contribution in [3.05, 3.63) is 65.2 Å². The quantitative estimate of drug-likeness (QED) is 0.223. The molecule has 2 amide bonds. The summed E-state index contributed by atoms with van der Waals surface area (Å²) in [7, 11) is 0. The van der Waals surface area contributed by atoms with Crippen molar-refractivity contribution in [2.45, 2.75) is 25.0 Å². The summed E-state index contributed by atoms with van der Waals surface area (Å²) in [6.07, 6.45) is -3.35. The van der Waals surface area contributed by atoms with E-state index in [4.69, 9.17) is 10.9 Å². The van der Waals surface area contributed by atoms with Crippen molar-refractivity contribution < 1.29 is 28.7 Å². The average molecular weight is 403 g/mol. The molecule has 9 heteroatoms. The predicted octanol–water partition coefficient (Wildman–Crippen LogP) is 1.29. The van der Waals surface area contributed by atoms with Crippen LogP contribution in [0.5, 0.6) is 0 Å². The number of anilines is 1. The maximum atomic E-state index is 13.0. The van der Waals surface area contributed by atoms with Crippen molar-refractivity contribution in [1.29, 1.82) is 0 Å². The van der Waals surface area contributed by atoms with Crippen molar-refractivity contribution in [3.63, 3.8) is 0 Å². The zero-order valence-electron chi connectivity index (χ0n) is 15.3. The number of alkyl halides is 2. The monoisotopic (exact) mass is 403 g/mol. The lowest BCUT2D eigenvalue weighted by molar-refractivity contribution is -0.149. The molecule has 2 atom stereocenters. The second kappa shape index (κ2) is 9.14. The van der Waals surface area contributed by atoms with Crippen LogP contribution in [0.25, 0.3) is 0 Å². The zero-order valence-corrected chi connectivity index (χ0v) is 15.3. The number of hydroxylamine groups is 1. The van der Waals surface area contributed by atoms with Gasteiger partial charge in [0.05, 0.1) is 0 Å². The largest absolute Gasteiger partial charge is 0.398 e. The van der Waals surface area contributed by atoms with Gasteiger partial charge < -0.3 is 16.2 Å². The summed E-state index contributed by atoms with van der Waals surface area (Å²) in [4.78, 5) is 23.9. The van der Waals surface area contributed by atoms with Gasteiger partial charge in [-0.2, -0.15) is 0 Å². The number of carbonyl (C=O) groups excluding carboxylic acids is 2. The van der Waals surface area contributed by atoms with E-state index in [2.05, 4.69) is 11.8 Å². The number of benzene rings is 2. The molecule has 0 spiro atoms. The third-order valence-corrected chi connectivity index (χ3v) is 4.12. The highest BCUT2D eigenvalue weighted by atomic mass is 19.3. The SMILES string of the molecule is CC(O)(C(F)F)C(NC(=O)c1ccc(C#Cc2ccccc2N)cc1)C(=O)NO. The molecule has 2 aromatic carbocycles. The van der Waals surface area contributed by atoms with E-state index in [0.29, 0.717) is 23.7 Å². The highest BCUT2D eigenvalue weighted by Gasteiger charge is 2.46. The molecule has 0 bridgehead atoms. The Morgan fingerprint density at radius 1 is 1.10 bits per heavy atom. The number of aliphatic hydroxyl groups is 1. The molecule has 0 aliphatic heterocycles. The molecule has 0 saturated heterocycles. The molecule has 7 nitrogen and oxygen atoms in total. The van der Waals surface area contributed by atoms with Gasteiger partial charge in [0.15, 0.2) is 5.60 Å². The van der Waals surface area contributed by atoms with Crippen LogP contribution < -0.4 is 16.5 Å². The van der Waals surface area contributed by atoms with Crippen LogP contribution in [-0.4, -0.2) is 40.2 Å². The van der Waals surface area contributed by atoms with E-state index >= 15 is 0 Å². The minimum absolute atomic E-state index is 0.0376. The van der Waals surface area contributed by atoms with Crippen LogP contribution in [0.3, 0.4) is 0 Å². The van der Waals surface area contributed by atoms with Crippen LogP contribution >= 0.6 is 0 Å². The Bertz CT molecular complexity index is 950. The lowest BCUT2D eigenvalue weighted by Gasteiger charge is -2.30. The summed E-state index contributed by atoms with van der Waals surface area (Å²) in [5.41, 5.74) is 5.83. The van der Waals surface area contributed by atoms with Gasteiger partial charge in [0.2, 0.25) is 0 Å². The maximum Gasteiger partial charge on any atom is 0.269 e. The molecule has 0 aliphatic rings. The maximum absolute atomic E-state index is 13.0. The third-order valence-electron chi connectivity index (χ3n) is 4.12. The van der Waals surface area contributed by atoms with Crippen molar-refractivity contribution in [1.82, 2.24) is 10.8 Å². The summed E-state index contributed by atoms with van der Waals surface area (Å²) >= 11 is 0. The van der Waals surface area contributed by atoms with Gasteiger partial charge in [-0.1, -0.05) is 24.0 Å². The van der Waals surface area contributed by atoms with Gasteiger partial charge in [-0.15, -0.1) is 0 Å². The molecule has 29 heavy (non-hydrogen) atoms. The fourth-order valence-corrected chi connectivity index (χ4v) is 2.34. The summed E-state index contributed by atoms with van der Waals surface area (Å²) in [6.45, 7) is 0.672. The molecule has 0 aromatic heterocycles. The normalized spacial score (nSPS) is 13.6. The van der Waals surface area contributed by atoms with Crippen molar-refractivity contribution in [3.8, 4) is 11.8 Å². The first-order chi connectivity index (χ1) is 13.7. The fourth-order valence-electron chi connectivity index (χ4n) is 2.34. The highest BCUT2D eigenvalue weighted by Crippen LogP contribution is 2.20. The van der Waals surface area contributed by atoms with Crippen LogP contribution in [0.15, 0.2) is 48.5 Å². The van der Waals surface area contributed by atoms with Crippen LogP contribution in [0, 0.1) is 11.8 Å². The molecule has 152 valence electrons. The van der Waals surface area contributed by atoms with E-state index in [-0.39, 0.29) is 5.56 Å². The van der Waals surface area contributed by atoms with E-state index < -0.39 is 29.9 Å². The molecule has 2 aromatic rings. The third kappa shape index (κ3) is 5.28. The number of nitrogens with one attached hydrogen (secondary N) is 2. The van der Waals surface area contributed by atoms with Gasteiger partial charge >= 0.3 is 0 Å². The summed E-state index contributed by atoms with van der Waals surface area (Å²) in [5, 5.41) is 20.5. The Hall–Kier alpha value is -3.48. The number of hydrogen-bond acceptors (Lipinski definition) is 5. The molecule has 2 unspecified atom stereocenters. The van der Waals surface area contributed by atoms with Crippen LogP contribution in [-0.2, 0) is 4.79 Å². The number of halogens is 2. The van der Waals surface area contributed by atoms with Crippen LogP contribution in [0.1, 0.15) is 28.4 Å². The van der Waals surface area contributed by atoms with Crippen LogP contribution in [0.4, 0.5) is 14.5 Å². The van der Waals surface area contributed by atoms with E-state index in [1.807, 2.05) is 5.32 Å². The molecule has 0 heterocycles. The second-order valence-electron chi connectivity index (χ2n) is 6.32. The molecular weight excluding hydrogens is 384 g/mol. The minimum Gasteiger partial charge on any atom is -0.398 e. The summed E-state index contributed by atoms with van der Waals surface area (Å²) < 4.78 is 26.1. The van der Waals surface area contributed by atoms with E-state index in [9.17, 15) is 23.5 Å². The molecular formula is C20H19F2N3O4. The summed E-state index contributed by atoms with van der Waals surface area (Å²) in [5.74, 6) is 3.49. The molecule has 2 rings (SSSR count). The Balaban J connectivity index is 2.17. The van der Waals surface area contributed by atoms with Crippen molar-refractivity contribution >= 4 is 17.5 Å². The Labute approximate surface area is 165 Å². The Morgan fingerprint density at radius 2 is 1.72 bits per heavy atom. The first-order valence-corrected chi connectivity index (χ1v) is 8.38. The number of amides is 2. The minimum atomic E-state index is -3.35. The molecule has 0 saturated carbocycles. The smallest absolute Gasteiger partial charge is 0.269 e. The first kappa shape index (κ1) is 21.8. The van der Waals surface area contributed by atoms with E-state index in [1.165, 1.54) is 24.3 Å². The number of hydrogen-bond donors (Lipinski definition) is 5. The van der Waals surface area contributed by atoms with E-state index in [1.54, 1.807) is 24.3 Å². The highest BCUT2D eigenvalue weighted by molar-refractivity contribution is 5.97. The lowest BCUT2D eigenvalue weighted by Crippen LogP contribution is -2.61. The topological polar surface area (TPSA) is 125 Å². The average Bonchev–Trinajstić information content (AvgIpc) is 2.70. The number of nitrogen functional groups attached to an aromatic ring is 1. The predicted molar refractivity (Wildman–Crippen MR) is 101 cm³/mol. The number of para-hydroxylation sites is 1. The summed E-state index contributed by atoms with van der Waals surface area (Å²) in [6, 6.07) is 10.7. The van der Waals surface area contributed by atoms with Gasteiger partial charge in [0.1, 0.15) is 6.04 Å². The van der Waals surface area contributed by atoms with Crippen molar-refractivity contribution in [2.75, 3.05) is 5.73 Å². The number of carbonyl (C=O) groups is 2. The number of rotatable bonds is 5. The van der Waals surface area contributed by atoms with Crippen molar-refractivity contribution in [2.24, 2.45) is 0 Å². The fraction of sp³-hybridized carbons (Fsp3) is 0.200. The zero-order chi connectivity index (χ0) is 21.6. The Kier molecular flexibility index (Phi) is 6.88. The van der Waals surface area contributed by atoms with Gasteiger partial charge in [0.25, 0.3) is 18.2 Å².